The lowest BCUT2D eigenvalue weighted by atomic mass is 9.84. The van der Waals surface area contributed by atoms with Gasteiger partial charge in [0, 0.05) is 0 Å². The van der Waals surface area contributed by atoms with E-state index >= 15 is 0 Å². The lowest BCUT2D eigenvalue weighted by Gasteiger charge is -2.22. The van der Waals surface area contributed by atoms with Crippen molar-refractivity contribution in [2.24, 2.45) is 0 Å². The molecule has 0 unspecified atom stereocenters. The number of benzene rings is 2. The Balaban J connectivity index is 1.80. The van der Waals surface area contributed by atoms with Gasteiger partial charge in [-0.15, -0.1) is 0 Å². The second-order valence-electron chi connectivity index (χ2n) is 5.50. The summed E-state index contributed by atoms with van der Waals surface area (Å²) in [6, 6.07) is 16.4. The van der Waals surface area contributed by atoms with E-state index < -0.39 is 0 Å². The number of rotatable bonds is 2. The van der Waals surface area contributed by atoms with Gasteiger partial charge in [-0.3, -0.25) is 0 Å². The Kier molecular flexibility index (Phi) is 3.54. The molecule has 0 heterocycles. The minimum Gasteiger partial charge on any atom is -0.508 e. The number of hydrogen-bond acceptors (Lipinski definition) is 1. The van der Waals surface area contributed by atoms with Gasteiger partial charge in [0.1, 0.15) is 5.75 Å². The fraction of sp³-hybridized carbons (Fsp3) is 0.333. The maximum Gasteiger partial charge on any atom is 0.115 e. The zero-order valence-corrected chi connectivity index (χ0v) is 11.2. The van der Waals surface area contributed by atoms with Crippen LogP contribution in [0.15, 0.2) is 48.5 Å². The largest absolute Gasteiger partial charge is 0.508 e. The van der Waals surface area contributed by atoms with E-state index in [1.165, 1.54) is 43.2 Å². The number of phenols is 1. The number of hydrogen-bond donors (Lipinski definition) is 1. The van der Waals surface area contributed by atoms with E-state index in [1.807, 2.05) is 12.1 Å². The molecule has 2 aromatic rings. The molecule has 1 aliphatic rings. The Morgan fingerprint density at radius 1 is 0.684 bits per heavy atom. The smallest absolute Gasteiger partial charge is 0.115 e. The van der Waals surface area contributed by atoms with Crippen molar-refractivity contribution in [1.29, 1.82) is 0 Å². The Morgan fingerprint density at radius 2 is 1.21 bits per heavy atom. The van der Waals surface area contributed by atoms with Crippen molar-refractivity contribution in [3.63, 3.8) is 0 Å². The van der Waals surface area contributed by atoms with Crippen molar-refractivity contribution in [1.82, 2.24) is 0 Å². The third-order valence-electron chi connectivity index (χ3n) is 4.19. The average molecular weight is 252 g/mol. The van der Waals surface area contributed by atoms with Crippen LogP contribution in [-0.2, 0) is 0 Å². The molecule has 1 N–H and O–H groups in total. The fourth-order valence-corrected chi connectivity index (χ4v) is 3.04. The molecule has 98 valence electrons. The Morgan fingerprint density at radius 3 is 1.79 bits per heavy atom. The van der Waals surface area contributed by atoms with Gasteiger partial charge in [0.15, 0.2) is 0 Å². The molecule has 19 heavy (non-hydrogen) atoms. The molecule has 0 radical (unpaired) electrons. The van der Waals surface area contributed by atoms with Gasteiger partial charge in [0.25, 0.3) is 0 Å². The summed E-state index contributed by atoms with van der Waals surface area (Å²) in [5, 5.41) is 9.32. The molecular formula is C18H20O. The van der Waals surface area contributed by atoms with Gasteiger partial charge in [-0.25, -0.2) is 0 Å². The standard InChI is InChI=1S/C18H20O/c19-18-12-10-17(11-13-18)16-8-6-15(7-9-16)14-4-2-1-3-5-14/h6-14,19H,1-5H2. The van der Waals surface area contributed by atoms with Gasteiger partial charge >= 0.3 is 0 Å². The molecule has 3 rings (SSSR count). The van der Waals surface area contributed by atoms with Gasteiger partial charge < -0.3 is 5.11 Å². The molecule has 0 aromatic heterocycles. The van der Waals surface area contributed by atoms with Gasteiger partial charge in [-0.2, -0.15) is 0 Å². The second kappa shape index (κ2) is 5.48. The SMILES string of the molecule is Oc1ccc(-c2ccc(C3CCCCC3)cc2)cc1. The summed E-state index contributed by atoms with van der Waals surface area (Å²) in [4.78, 5) is 0. The van der Waals surface area contributed by atoms with E-state index in [2.05, 4.69) is 24.3 Å². The van der Waals surface area contributed by atoms with Crippen molar-refractivity contribution in [3.05, 3.63) is 54.1 Å². The minimum atomic E-state index is 0.322. The first kappa shape index (κ1) is 12.3. The Labute approximate surface area is 114 Å². The quantitative estimate of drug-likeness (QED) is 0.787. The summed E-state index contributed by atoms with van der Waals surface area (Å²) < 4.78 is 0. The summed E-state index contributed by atoms with van der Waals surface area (Å²) in [5.74, 6) is 1.09. The monoisotopic (exact) mass is 252 g/mol. The molecule has 1 fully saturated rings. The van der Waals surface area contributed by atoms with Crippen molar-refractivity contribution in [2.45, 2.75) is 38.0 Å². The first-order chi connectivity index (χ1) is 9.33. The molecule has 0 aliphatic heterocycles. The molecule has 0 saturated heterocycles. The van der Waals surface area contributed by atoms with Crippen molar-refractivity contribution < 1.29 is 5.11 Å². The molecule has 2 aromatic carbocycles. The van der Waals surface area contributed by atoms with Crippen LogP contribution in [0.2, 0.25) is 0 Å². The van der Waals surface area contributed by atoms with Crippen molar-refractivity contribution in [2.75, 3.05) is 0 Å². The zero-order valence-electron chi connectivity index (χ0n) is 11.2. The Hall–Kier alpha value is -1.76. The summed E-state index contributed by atoms with van der Waals surface area (Å²) in [6.45, 7) is 0. The molecule has 0 spiro atoms. The molecular weight excluding hydrogens is 232 g/mol. The van der Waals surface area contributed by atoms with Crippen LogP contribution >= 0.6 is 0 Å². The van der Waals surface area contributed by atoms with Gasteiger partial charge in [0.2, 0.25) is 0 Å². The van der Waals surface area contributed by atoms with E-state index in [0.29, 0.717) is 5.75 Å². The second-order valence-corrected chi connectivity index (χ2v) is 5.50. The topological polar surface area (TPSA) is 20.2 Å². The molecule has 1 heteroatoms. The normalized spacial score (nSPS) is 16.4. The van der Waals surface area contributed by atoms with Crippen LogP contribution in [-0.4, -0.2) is 5.11 Å². The van der Waals surface area contributed by atoms with Crippen molar-refractivity contribution >= 4 is 0 Å². The zero-order chi connectivity index (χ0) is 13.1. The molecule has 0 bridgehead atoms. The summed E-state index contributed by atoms with van der Waals surface area (Å²) in [5.41, 5.74) is 3.87. The average Bonchev–Trinajstić information content (AvgIpc) is 2.49. The molecule has 1 aliphatic carbocycles. The van der Waals surface area contributed by atoms with Gasteiger partial charge in [-0.05, 0) is 47.6 Å². The number of phenolic OH excluding ortho intramolecular Hbond substituents is 1. The van der Waals surface area contributed by atoms with Gasteiger partial charge in [0.05, 0.1) is 0 Å². The van der Waals surface area contributed by atoms with Crippen LogP contribution in [0.3, 0.4) is 0 Å². The highest BCUT2D eigenvalue weighted by molar-refractivity contribution is 5.64. The highest BCUT2D eigenvalue weighted by atomic mass is 16.3. The highest BCUT2D eigenvalue weighted by Gasteiger charge is 2.15. The predicted octanol–water partition coefficient (Wildman–Crippen LogP) is 5.11. The predicted molar refractivity (Wildman–Crippen MR) is 79.4 cm³/mol. The van der Waals surface area contributed by atoms with Crippen LogP contribution in [0.4, 0.5) is 0 Å². The van der Waals surface area contributed by atoms with Crippen molar-refractivity contribution in [3.8, 4) is 16.9 Å². The van der Waals surface area contributed by atoms with Crippen LogP contribution < -0.4 is 0 Å². The third kappa shape index (κ3) is 2.81. The lowest BCUT2D eigenvalue weighted by molar-refractivity contribution is 0.443. The minimum absolute atomic E-state index is 0.322. The first-order valence-electron chi connectivity index (χ1n) is 7.22. The van der Waals surface area contributed by atoms with Gasteiger partial charge in [-0.1, -0.05) is 55.7 Å². The van der Waals surface area contributed by atoms with Crippen LogP contribution in [0.25, 0.3) is 11.1 Å². The molecule has 0 atom stereocenters. The van der Waals surface area contributed by atoms with E-state index in [9.17, 15) is 5.11 Å². The van der Waals surface area contributed by atoms with E-state index in [-0.39, 0.29) is 0 Å². The molecule has 1 saturated carbocycles. The Bertz CT molecular complexity index is 519. The van der Waals surface area contributed by atoms with E-state index in [1.54, 1.807) is 12.1 Å². The fourth-order valence-electron chi connectivity index (χ4n) is 3.04. The van der Waals surface area contributed by atoms with Crippen LogP contribution in [0.1, 0.15) is 43.6 Å². The van der Waals surface area contributed by atoms with Crippen LogP contribution in [0, 0.1) is 0 Å². The maximum atomic E-state index is 9.32. The lowest BCUT2D eigenvalue weighted by Crippen LogP contribution is -2.04. The van der Waals surface area contributed by atoms with E-state index in [4.69, 9.17) is 0 Å². The van der Waals surface area contributed by atoms with Crippen LogP contribution in [0.5, 0.6) is 5.75 Å². The molecule has 1 nitrogen and oxygen atoms in total. The first-order valence-corrected chi connectivity index (χ1v) is 7.22. The number of aromatic hydroxyl groups is 1. The summed E-state index contributed by atoms with van der Waals surface area (Å²) >= 11 is 0. The van der Waals surface area contributed by atoms with E-state index in [0.717, 1.165) is 11.5 Å². The maximum absolute atomic E-state index is 9.32. The summed E-state index contributed by atoms with van der Waals surface area (Å²) in [6.07, 6.45) is 6.86. The summed E-state index contributed by atoms with van der Waals surface area (Å²) in [7, 11) is 0. The third-order valence-corrected chi connectivity index (χ3v) is 4.19. The highest BCUT2D eigenvalue weighted by Crippen LogP contribution is 2.33. The molecule has 0 amide bonds.